The van der Waals surface area contributed by atoms with Crippen molar-refractivity contribution in [3.63, 3.8) is 0 Å². The molecule has 2 heterocycles. The Bertz CT molecular complexity index is 1110. The number of aryl methyl sites for hydroxylation is 1. The smallest absolute Gasteiger partial charge is 0.174 e. The first-order chi connectivity index (χ1) is 13.6. The number of thiazole rings is 1. The molecule has 6 heteroatoms. The van der Waals surface area contributed by atoms with Crippen LogP contribution in [0, 0.1) is 13.8 Å². The zero-order valence-corrected chi connectivity index (χ0v) is 17.6. The van der Waals surface area contributed by atoms with E-state index in [1.807, 2.05) is 62.4 Å². The van der Waals surface area contributed by atoms with Crippen molar-refractivity contribution >= 4 is 39.1 Å². The molecule has 0 aliphatic rings. The fraction of sp³-hybridized carbons (Fsp3) is 0.182. The van der Waals surface area contributed by atoms with Crippen LogP contribution in [0.2, 0.25) is 0 Å². The standard InChI is InChI=1S/C22H20N2O2S2/c1-14-12-18(15(2)24(14)16-8-10-17(26-3)11-9-16)20(25)13-27-22-23-19-6-4-5-7-21(19)28-22/h4-12H,13H2,1-3H3. The lowest BCUT2D eigenvalue weighted by Crippen LogP contribution is -2.05. The third-order valence-corrected chi connectivity index (χ3v) is 6.84. The maximum atomic E-state index is 12.9. The first-order valence-corrected chi connectivity index (χ1v) is 10.7. The Morgan fingerprint density at radius 2 is 1.89 bits per heavy atom. The summed E-state index contributed by atoms with van der Waals surface area (Å²) in [7, 11) is 1.65. The van der Waals surface area contributed by atoms with Crippen LogP contribution in [0.4, 0.5) is 0 Å². The van der Waals surface area contributed by atoms with Crippen molar-refractivity contribution in [2.75, 3.05) is 12.9 Å². The van der Waals surface area contributed by atoms with Crippen LogP contribution in [0.5, 0.6) is 5.75 Å². The Morgan fingerprint density at radius 3 is 2.61 bits per heavy atom. The third-order valence-electron chi connectivity index (χ3n) is 4.66. The normalized spacial score (nSPS) is 11.1. The summed E-state index contributed by atoms with van der Waals surface area (Å²) >= 11 is 3.14. The minimum atomic E-state index is 0.122. The van der Waals surface area contributed by atoms with Gasteiger partial charge in [-0.1, -0.05) is 23.9 Å². The number of hydrogen-bond acceptors (Lipinski definition) is 5. The zero-order valence-electron chi connectivity index (χ0n) is 15.9. The monoisotopic (exact) mass is 408 g/mol. The van der Waals surface area contributed by atoms with Gasteiger partial charge in [0.1, 0.15) is 5.75 Å². The van der Waals surface area contributed by atoms with Crippen LogP contribution in [0.25, 0.3) is 15.9 Å². The number of ketones is 1. The van der Waals surface area contributed by atoms with Crippen molar-refractivity contribution < 1.29 is 9.53 Å². The summed E-state index contributed by atoms with van der Waals surface area (Å²) in [5.41, 5.74) is 4.77. The quantitative estimate of drug-likeness (QED) is 0.304. The van der Waals surface area contributed by atoms with E-state index in [4.69, 9.17) is 4.74 Å². The second-order valence-corrected chi connectivity index (χ2v) is 8.73. The first-order valence-electron chi connectivity index (χ1n) is 8.92. The number of hydrogen-bond donors (Lipinski definition) is 0. The number of carbonyl (C=O) groups excluding carboxylic acids is 1. The molecule has 0 aliphatic carbocycles. The highest BCUT2D eigenvalue weighted by molar-refractivity contribution is 8.01. The van der Waals surface area contributed by atoms with Crippen LogP contribution >= 0.6 is 23.1 Å². The van der Waals surface area contributed by atoms with E-state index in [2.05, 4.69) is 15.6 Å². The van der Waals surface area contributed by atoms with Gasteiger partial charge in [-0.05, 0) is 56.3 Å². The number of fused-ring (bicyclic) bond motifs is 1. The second kappa shape index (κ2) is 7.81. The highest BCUT2D eigenvalue weighted by Gasteiger charge is 2.17. The molecule has 2 aromatic heterocycles. The highest BCUT2D eigenvalue weighted by Crippen LogP contribution is 2.30. The third kappa shape index (κ3) is 3.57. The molecule has 4 aromatic rings. The van der Waals surface area contributed by atoms with Crippen molar-refractivity contribution in [1.82, 2.24) is 9.55 Å². The molecule has 0 aliphatic heterocycles. The molecule has 0 unspecified atom stereocenters. The second-order valence-electron chi connectivity index (χ2n) is 6.48. The van der Waals surface area contributed by atoms with E-state index in [0.29, 0.717) is 5.75 Å². The SMILES string of the molecule is COc1ccc(-n2c(C)cc(C(=O)CSc3nc4ccccc4s3)c2C)cc1. The molecule has 0 saturated carbocycles. The van der Waals surface area contributed by atoms with Crippen LogP contribution in [0.1, 0.15) is 21.7 Å². The van der Waals surface area contributed by atoms with Crippen molar-refractivity contribution in [3.05, 3.63) is 71.5 Å². The van der Waals surface area contributed by atoms with Gasteiger partial charge in [0.15, 0.2) is 10.1 Å². The molecule has 28 heavy (non-hydrogen) atoms. The molecule has 0 bridgehead atoms. The summed E-state index contributed by atoms with van der Waals surface area (Å²) in [5, 5.41) is 0. The molecular formula is C22H20N2O2S2. The van der Waals surface area contributed by atoms with Crippen LogP contribution < -0.4 is 4.74 Å². The molecular weight excluding hydrogens is 388 g/mol. The molecule has 0 saturated heterocycles. The van der Waals surface area contributed by atoms with Crippen molar-refractivity contribution in [3.8, 4) is 11.4 Å². The fourth-order valence-corrected chi connectivity index (χ4v) is 5.24. The van der Waals surface area contributed by atoms with Gasteiger partial charge < -0.3 is 9.30 Å². The van der Waals surface area contributed by atoms with Gasteiger partial charge in [-0.15, -0.1) is 11.3 Å². The van der Waals surface area contributed by atoms with Crippen LogP contribution in [0.15, 0.2) is 58.9 Å². The molecule has 0 fully saturated rings. The number of aromatic nitrogens is 2. The number of methoxy groups -OCH3 is 1. The molecule has 0 amide bonds. The van der Waals surface area contributed by atoms with Crippen molar-refractivity contribution in [1.29, 1.82) is 0 Å². The maximum Gasteiger partial charge on any atom is 0.174 e. The van der Waals surface area contributed by atoms with Gasteiger partial charge >= 0.3 is 0 Å². The van der Waals surface area contributed by atoms with Gasteiger partial charge in [0, 0.05) is 22.6 Å². The number of Topliss-reactive ketones (excluding diaryl/α,β-unsaturated/α-hetero) is 1. The van der Waals surface area contributed by atoms with Crippen molar-refractivity contribution in [2.45, 2.75) is 18.2 Å². The van der Waals surface area contributed by atoms with E-state index in [9.17, 15) is 4.79 Å². The van der Waals surface area contributed by atoms with Crippen LogP contribution in [-0.2, 0) is 0 Å². The molecule has 0 spiro atoms. The van der Waals surface area contributed by atoms with Crippen LogP contribution in [-0.4, -0.2) is 28.2 Å². The van der Waals surface area contributed by atoms with Gasteiger partial charge in [-0.3, -0.25) is 4.79 Å². The van der Waals surface area contributed by atoms with E-state index >= 15 is 0 Å². The van der Waals surface area contributed by atoms with Gasteiger partial charge in [0.25, 0.3) is 0 Å². The number of thioether (sulfide) groups is 1. The lowest BCUT2D eigenvalue weighted by molar-refractivity contribution is 0.102. The lowest BCUT2D eigenvalue weighted by Gasteiger charge is -2.10. The van der Waals surface area contributed by atoms with E-state index in [0.717, 1.165) is 42.9 Å². The summed E-state index contributed by atoms with van der Waals surface area (Å²) in [6.07, 6.45) is 0. The Labute approximate surface area is 172 Å². The predicted molar refractivity (Wildman–Crippen MR) is 116 cm³/mol. The van der Waals surface area contributed by atoms with E-state index in [1.54, 1.807) is 18.4 Å². The molecule has 0 atom stereocenters. The van der Waals surface area contributed by atoms with E-state index < -0.39 is 0 Å². The van der Waals surface area contributed by atoms with E-state index in [1.165, 1.54) is 11.8 Å². The molecule has 0 N–H and O–H groups in total. The maximum absolute atomic E-state index is 12.9. The predicted octanol–water partition coefficient (Wildman–Crippen LogP) is 5.69. The Kier molecular flexibility index (Phi) is 5.24. The summed E-state index contributed by atoms with van der Waals surface area (Å²) < 4.78 is 9.42. The number of rotatable bonds is 6. The summed E-state index contributed by atoms with van der Waals surface area (Å²) in [6.45, 7) is 4.02. The zero-order chi connectivity index (χ0) is 19.7. The minimum Gasteiger partial charge on any atom is -0.497 e. The van der Waals surface area contributed by atoms with Crippen molar-refractivity contribution in [2.24, 2.45) is 0 Å². The van der Waals surface area contributed by atoms with E-state index in [-0.39, 0.29) is 5.78 Å². The number of benzene rings is 2. The highest BCUT2D eigenvalue weighted by atomic mass is 32.2. The molecule has 0 radical (unpaired) electrons. The average molecular weight is 409 g/mol. The first kappa shape index (κ1) is 18.8. The molecule has 2 aromatic carbocycles. The van der Waals surface area contributed by atoms with Gasteiger partial charge in [-0.2, -0.15) is 0 Å². The Morgan fingerprint density at radius 1 is 1.14 bits per heavy atom. The number of carbonyl (C=O) groups is 1. The molecule has 4 nitrogen and oxygen atoms in total. The van der Waals surface area contributed by atoms with Crippen LogP contribution in [0.3, 0.4) is 0 Å². The summed E-state index contributed by atoms with van der Waals surface area (Å²) in [6, 6.07) is 17.9. The van der Waals surface area contributed by atoms with Gasteiger partial charge in [-0.25, -0.2) is 4.98 Å². The molecule has 142 valence electrons. The average Bonchev–Trinajstić information content (AvgIpc) is 3.26. The Balaban J connectivity index is 1.54. The summed E-state index contributed by atoms with van der Waals surface area (Å²) in [4.78, 5) is 17.5. The lowest BCUT2D eigenvalue weighted by atomic mass is 10.2. The number of nitrogens with zero attached hydrogens (tertiary/aromatic N) is 2. The topological polar surface area (TPSA) is 44.1 Å². The minimum absolute atomic E-state index is 0.122. The fourth-order valence-electron chi connectivity index (χ4n) is 3.29. The number of para-hydroxylation sites is 1. The summed E-state index contributed by atoms with van der Waals surface area (Å²) in [5.74, 6) is 1.32. The van der Waals surface area contributed by atoms with Gasteiger partial charge in [0.05, 0.1) is 23.1 Å². The Hall–Kier alpha value is -2.57. The number of ether oxygens (including phenoxy) is 1. The molecule has 4 rings (SSSR count). The van der Waals surface area contributed by atoms with Gasteiger partial charge in [0.2, 0.25) is 0 Å². The largest absolute Gasteiger partial charge is 0.497 e.